The highest BCUT2D eigenvalue weighted by atomic mass is 16.5. The van der Waals surface area contributed by atoms with E-state index in [-0.39, 0.29) is 0 Å². The third kappa shape index (κ3) is 1.88. The summed E-state index contributed by atoms with van der Waals surface area (Å²) in [4.78, 5) is 8.66. The Morgan fingerprint density at radius 3 is 2.94 bits per heavy atom. The van der Waals surface area contributed by atoms with Gasteiger partial charge in [0.15, 0.2) is 0 Å². The summed E-state index contributed by atoms with van der Waals surface area (Å²) in [6, 6.07) is 0. The molecule has 0 atom stereocenters. The van der Waals surface area contributed by atoms with Gasteiger partial charge in [0.1, 0.15) is 12.1 Å². The summed E-state index contributed by atoms with van der Waals surface area (Å²) >= 11 is 0. The molecule has 1 aromatic heterocycles. The van der Waals surface area contributed by atoms with E-state index in [1.807, 2.05) is 0 Å². The third-order valence-electron chi connectivity index (χ3n) is 3.15. The van der Waals surface area contributed by atoms with Crippen LogP contribution in [-0.2, 0) is 17.6 Å². The number of nitrogens with zero attached hydrogens (tertiary/aromatic N) is 3. The monoisotopic (exact) mass is 220 g/mol. The standard InChI is InChI=1S/C11H16N4O/c1-2-9-10(3-1)12-8-13-11(9)14-15-4-6-16-7-5-15/h8H,1-7H2,(H,12,13,14). The van der Waals surface area contributed by atoms with Crippen LogP contribution in [0, 0.1) is 0 Å². The van der Waals surface area contributed by atoms with Crippen molar-refractivity contribution in [2.75, 3.05) is 31.7 Å². The number of ether oxygens (including phenoxy) is 1. The predicted molar refractivity (Wildman–Crippen MR) is 60.1 cm³/mol. The van der Waals surface area contributed by atoms with E-state index in [0.717, 1.165) is 45.0 Å². The summed E-state index contributed by atoms with van der Waals surface area (Å²) in [5.74, 6) is 0.990. The van der Waals surface area contributed by atoms with E-state index in [1.165, 1.54) is 17.7 Å². The molecule has 1 N–H and O–H groups in total. The van der Waals surface area contributed by atoms with Crippen molar-refractivity contribution in [2.45, 2.75) is 19.3 Å². The number of rotatable bonds is 2. The first-order valence-electron chi connectivity index (χ1n) is 5.85. The molecule has 0 radical (unpaired) electrons. The second-order valence-corrected chi connectivity index (χ2v) is 4.21. The molecule has 1 fully saturated rings. The van der Waals surface area contributed by atoms with Crippen molar-refractivity contribution < 1.29 is 4.74 Å². The molecule has 0 unspecified atom stereocenters. The predicted octanol–water partition coefficient (Wildman–Crippen LogP) is 0.624. The lowest BCUT2D eigenvalue weighted by Crippen LogP contribution is -2.40. The van der Waals surface area contributed by atoms with E-state index in [0.29, 0.717) is 0 Å². The van der Waals surface area contributed by atoms with E-state index >= 15 is 0 Å². The van der Waals surface area contributed by atoms with Gasteiger partial charge in [0.25, 0.3) is 0 Å². The summed E-state index contributed by atoms with van der Waals surface area (Å²) in [5, 5.41) is 2.17. The molecule has 0 saturated carbocycles. The SMILES string of the molecule is c1nc2c(c(NN3CCOCC3)n1)CCC2. The molecule has 5 nitrogen and oxygen atoms in total. The van der Waals surface area contributed by atoms with Crippen molar-refractivity contribution >= 4 is 5.82 Å². The lowest BCUT2D eigenvalue weighted by atomic mass is 10.2. The smallest absolute Gasteiger partial charge is 0.147 e. The van der Waals surface area contributed by atoms with Crippen LogP contribution in [0.4, 0.5) is 5.82 Å². The minimum Gasteiger partial charge on any atom is -0.379 e. The molecule has 16 heavy (non-hydrogen) atoms. The van der Waals surface area contributed by atoms with Crippen LogP contribution < -0.4 is 5.43 Å². The second-order valence-electron chi connectivity index (χ2n) is 4.21. The van der Waals surface area contributed by atoms with Crippen LogP contribution in [0.15, 0.2) is 6.33 Å². The molecule has 0 amide bonds. The van der Waals surface area contributed by atoms with Gasteiger partial charge in [-0.2, -0.15) is 0 Å². The van der Waals surface area contributed by atoms with Gasteiger partial charge in [0.2, 0.25) is 0 Å². The third-order valence-corrected chi connectivity index (χ3v) is 3.15. The number of nitrogens with one attached hydrogen (secondary N) is 1. The maximum atomic E-state index is 5.32. The number of fused-ring (bicyclic) bond motifs is 1. The maximum Gasteiger partial charge on any atom is 0.147 e. The second kappa shape index (κ2) is 4.35. The summed E-state index contributed by atoms with van der Waals surface area (Å²) < 4.78 is 5.32. The van der Waals surface area contributed by atoms with Crippen molar-refractivity contribution in [2.24, 2.45) is 0 Å². The molecule has 86 valence electrons. The molecule has 1 aliphatic carbocycles. The molecule has 3 rings (SSSR count). The Bertz CT molecular complexity index is 376. The van der Waals surface area contributed by atoms with Crippen molar-refractivity contribution in [3.8, 4) is 0 Å². The number of anilines is 1. The van der Waals surface area contributed by atoms with Crippen LogP contribution in [0.25, 0.3) is 0 Å². The summed E-state index contributed by atoms with van der Waals surface area (Å²) in [5.41, 5.74) is 5.90. The zero-order valence-corrected chi connectivity index (χ0v) is 9.28. The minimum absolute atomic E-state index is 0.792. The van der Waals surface area contributed by atoms with Crippen LogP contribution in [0.3, 0.4) is 0 Å². The Balaban J connectivity index is 1.76. The molecule has 1 aliphatic heterocycles. The Morgan fingerprint density at radius 1 is 1.19 bits per heavy atom. The van der Waals surface area contributed by atoms with Gasteiger partial charge in [-0.05, 0) is 19.3 Å². The molecule has 0 bridgehead atoms. The van der Waals surface area contributed by atoms with Gasteiger partial charge in [-0.15, -0.1) is 0 Å². The first-order valence-corrected chi connectivity index (χ1v) is 5.85. The molecular formula is C11H16N4O. The van der Waals surface area contributed by atoms with Gasteiger partial charge in [-0.3, -0.25) is 0 Å². The zero-order valence-electron chi connectivity index (χ0n) is 9.28. The van der Waals surface area contributed by atoms with Gasteiger partial charge in [0.05, 0.1) is 13.2 Å². The molecule has 1 aromatic rings. The molecule has 2 heterocycles. The van der Waals surface area contributed by atoms with Gasteiger partial charge in [-0.1, -0.05) is 0 Å². The number of morpholine rings is 1. The lowest BCUT2D eigenvalue weighted by Gasteiger charge is -2.28. The number of hydrogen-bond donors (Lipinski definition) is 1. The average Bonchev–Trinajstić information content (AvgIpc) is 2.80. The lowest BCUT2D eigenvalue weighted by molar-refractivity contribution is 0.0494. The summed E-state index contributed by atoms with van der Waals surface area (Å²) in [6.45, 7) is 3.41. The first-order chi connectivity index (χ1) is 7.93. The molecule has 5 heteroatoms. The highest BCUT2D eigenvalue weighted by molar-refractivity contribution is 5.47. The topological polar surface area (TPSA) is 50.3 Å². The first kappa shape index (κ1) is 9.99. The van der Waals surface area contributed by atoms with Crippen LogP contribution in [0.5, 0.6) is 0 Å². The number of aromatic nitrogens is 2. The van der Waals surface area contributed by atoms with E-state index in [2.05, 4.69) is 20.4 Å². The highest BCUT2D eigenvalue weighted by Crippen LogP contribution is 2.25. The fourth-order valence-corrected chi connectivity index (χ4v) is 2.28. The zero-order chi connectivity index (χ0) is 10.8. The molecular weight excluding hydrogens is 204 g/mol. The van der Waals surface area contributed by atoms with E-state index in [1.54, 1.807) is 6.33 Å². The van der Waals surface area contributed by atoms with Crippen molar-refractivity contribution in [1.82, 2.24) is 15.0 Å². The van der Waals surface area contributed by atoms with Crippen LogP contribution >= 0.6 is 0 Å². The van der Waals surface area contributed by atoms with Crippen LogP contribution in [0.1, 0.15) is 17.7 Å². The fourth-order valence-electron chi connectivity index (χ4n) is 2.28. The van der Waals surface area contributed by atoms with Gasteiger partial charge >= 0.3 is 0 Å². The summed E-state index contributed by atoms with van der Waals surface area (Å²) in [6.07, 6.45) is 5.05. The van der Waals surface area contributed by atoms with E-state index < -0.39 is 0 Å². The van der Waals surface area contributed by atoms with Gasteiger partial charge in [-0.25, -0.2) is 15.0 Å². The number of aryl methyl sites for hydroxylation is 1. The molecule has 2 aliphatic rings. The maximum absolute atomic E-state index is 5.32. The van der Waals surface area contributed by atoms with E-state index in [4.69, 9.17) is 4.74 Å². The average molecular weight is 220 g/mol. The Hall–Kier alpha value is -1.20. The van der Waals surface area contributed by atoms with Crippen molar-refractivity contribution in [1.29, 1.82) is 0 Å². The van der Waals surface area contributed by atoms with Crippen molar-refractivity contribution in [3.05, 3.63) is 17.6 Å². The van der Waals surface area contributed by atoms with Gasteiger partial charge in [0, 0.05) is 24.3 Å². The molecule has 0 spiro atoms. The largest absolute Gasteiger partial charge is 0.379 e. The minimum atomic E-state index is 0.792. The Morgan fingerprint density at radius 2 is 2.06 bits per heavy atom. The van der Waals surface area contributed by atoms with Crippen molar-refractivity contribution in [3.63, 3.8) is 0 Å². The van der Waals surface area contributed by atoms with Gasteiger partial charge < -0.3 is 10.2 Å². The number of hydrogen-bond acceptors (Lipinski definition) is 5. The quantitative estimate of drug-likeness (QED) is 0.792. The fraction of sp³-hybridized carbons (Fsp3) is 0.636. The highest BCUT2D eigenvalue weighted by Gasteiger charge is 2.19. The molecule has 0 aromatic carbocycles. The summed E-state index contributed by atoms with van der Waals surface area (Å²) in [7, 11) is 0. The number of hydrazine groups is 1. The van der Waals surface area contributed by atoms with Crippen LogP contribution in [0.2, 0.25) is 0 Å². The molecule has 1 saturated heterocycles. The van der Waals surface area contributed by atoms with E-state index in [9.17, 15) is 0 Å². The van der Waals surface area contributed by atoms with Crippen LogP contribution in [-0.4, -0.2) is 41.3 Å². The Labute approximate surface area is 94.8 Å². The Kier molecular flexibility index (Phi) is 2.71. The normalized spacial score (nSPS) is 20.8.